The number of hydrogen-bond donors (Lipinski definition) is 4. The number of allylic oxidation sites excluding steroid dienone is 2. The molecule has 0 amide bonds. The molecule has 0 aromatic rings. The second-order valence-electron chi connectivity index (χ2n) is 17.3. The van der Waals surface area contributed by atoms with Crippen LogP contribution in [0.5, 0.6) is 0 Å². The van der Waals surface area contributed by atoms with Crippen molar-refractivity contribution in [1.29, 1.82) is 0 Å². The van der Waals surface area contributed by atoms with Gasteiger partial charge in [0.05, 0.1) is 13.2 Å². The molecule has 1 saturated heterocycles. The highest BCUT2D eigenvalue weighted by atomic mass is 16.7. The zero-order valence-electron chi connectivity index (χ0n) is 38.0. The van der Waals surface area contributed by atoms with Crippen molar-refractivity contribution in [2.24, 2.45) is 0 Å². The lowest BCUT2D eigenvalue weighted by molar-refractivity contribution is -0.305. The summed E-state index contributed by atoms with van der Waals surface area (Å²) >= 11 is 0. The van der Waals surface area contributed by atoms with E-state index in [1.165, 1.54) is 161 Å². The first-order chi connectivity index (χ1) is 28.8. The lowest BCUT2D eigenvalue weighted by Crippen LogP contribution is -2.59. The van der Waals surface area contributed by atoms with Gasteiger partial charge in [-0.2, -0.15) is 0 Å². The van der Waals surface area contributed by atoms with Gasteiger partial charge in [0.2, 0.25) is 0 Å². The molecule has 0 spiro atoms. The summed E-state index contributed by atoms with van der Waals surface area (Å²) in [7, 11) is 0. The molecule has 1 aliphatic rings. The number of unbranched alkanes of at least 4 members (excludes halogenated alkanes) is 29. The molecule has 1 aliphatic heterocycles. The molecule has 1 rings (SSSR count). The van der Waals surface area contributed by atoms with E-state index >= 15 is 0 Å². The summed E-state index contributed by atoms with van der Waals surface area (Å²) in [5.74, 6) is -0.795. The summed E-state index contributed by atoms with van der Waals surface area (Å²) in [6.07, 6.45) is 36.4. The molecule has 0 radical (unpaired) electrons. The van der Waals surface area contributed by atoms with Gasteiger partial charge in [-0.25, -0.2) is 0 Å². The molecule has 10 heteroatoms. The first-order valence-electron chi connectivity index (χ1n) is 24.8. The van der Waals surface area contributed by atoms with E-state index in [0.29, 0.717) is 6.42 Å². The molecule has 59 heavy (non-hydrogen) atoms. The highest BCUT2D eigenvalue weighted by Gasteiger charge is 2.44. The SMILES string of the molecule is CCCCCCCC/C=C/CCCCCCCCCCCC(=O)O[C@H](COC(=O)CCCCCCCCCCCCCCCCC)CO[C@@H]1O[C@H](CO)[C@H](O)C(O)C1O. The standard InChI is InChI=1S/C49H92O10/c1-3-5-7-9-11-13-15-17-19-20-21-22-24-26-28-30-32-34-36-38-45(52)58-42(41-57-49-48(55)47(54)46(53)43(39-50)59-49)40-56-44(51)37-35-33-31-29-27-25-23-18-16-14-12-10-8-6-4-2/h17,19,42-43,46-50,53-55H,3-16,18,20-41H2,1-2H3/b19-17+/t42-,43-,46+,47?,48?,49-/m1/s1. The Balaban J connectivity index is 2.27. The minimum Gasteiger partial charge on any atom is -0.462 e. The Morgan fingerprint density at radius 1 is 0.508 bits per heavy atom. The number of carbonyl (C=O) groups excluding carboxylic acids is 2. The minimum atomic E-state index is -1.59. The summed E-state index contributed by atoms with van der Waals surface area (Å²) in [6.45, 7) is 3.45. The third kappa shape index (κ3) is 31.9. The van der Waals surface area contributed by atoms with Crippen molar-refractivity contribution in [3.63, 3.8) is 0 Å². The van der Waals surface area contributed by atoms with E-state index in [1.54, 1.807) is 0 Å². The van der Waals surface area contributed by atoms with E-state index in [0.717, 1.165) is 38.5 Å². The average molecular weight is 841 g/mol. The van der Waals surface area contributed by atoms with Crippen LogP contribution < -0.4 is 0 Å². The number of ether oxygens (including phenoxy) is 4. The van der Waals surface area contributed by atoms with Crippen LogP contribution in [0.3, 0.4) is 0 Å². The van der Waals surface area contributed by atoms with Gasteiger partial charge in [-0.15, -0.1) is 0 Å². The number of rotatable bonds is 42. The molecule has 10 nitrogen and oxygen atoms in total. The van der Waals surface area contributed by atoms with Crippen molar-refractivity contribution < 1.29 is 49.0 Å². The number of aliphatic hydroxyl groups excluding tert-OH is 4. The molecule has 1 heterocycles. The molecule has 4 N–H and O–H groups in total. The summed E-state index contributed by atoms with van der Waals surface area (Å²) in [4.78, 5) is 25.4. The monoisotopic (exact) mass is 841 g/mol. The van der Waals surface area contributed by atoms with E-state index in [2.05, 4.69) is 26.0 Å². The predicted molar refractivity (Wildman–Crippen MR) is 238 cm³/mol. The molecule has 0 aromatic heterocycles. The lowest BCUT2D eigenvalue weighted by atomic mass is 9.99. The zero-order chi connectivity index (χ0) is 43.0. The first kappa shape index (κ1) is 55.5. The van der Waals surface area contributed by atoms with Crippen LogP contribution in [0.2, 0.25) is 0 Å². The summed E-state index contributed by atoms with van der Waals surface area (Å²) in [5.41, 5.74) is 0. The Bertz CT molecular complexity index is 974. The molecule has 2 unspecified atom stereocenters. The molecule has 0 aliphatic carbocycles. The Labute approximate surface area is 361 Å². The van der Waals surface area contributed by atoms with Gasteiger partial charge in [0.1, 0.15) is 31.0 Å². The first-order valence-corrected chi connectivity index (χ1v) is 24.8. The largest absolute Gasteiger partial charge is 0.462 e. The smallest absolute Gasteiger partial charge is 0.306 e. The van der Waals surface area contributed by atoms with Crippen molar-refractivity contribution in [3.05, 3.63) is 12.2 Å². The Morgan fingerprint density at radius 2 is 0.898 bits per heavy atom. The van der Waals surface area contributed by atoms with Crippen LogP contribution in [-0.4, -0.2) is 89.0 Å². The van der Waals surface area contributed by atoms with Crippen LogP contribution >= 0.6 is 0 Å². The van der Waals surface area contributed by atoms with Gasteiger partial charge in [-0.3, -0.25) is 9.59 Å². The van der Waals surface area contributed by atoms with Crippen molar-refractivity contribution in [2.75, 3.05) is 19.8 Å². The average Bonchev–Trinajstić information content (AvgIpc) is 3.23. The van der Waals surface area contributed by atoms with E-state index in [4.69, 9.17) is 18.9 Å². The summed E-state index contributed by atoms with van der Waals surface area (Å²) in [6, 6.07) is 0. The number of hydrogen-bond acceptors (Lipinski definition) is 10. The van der Waals surface area contributed by atoms with Crippen molar-refractivity contribution >= 4 is 11.9 Å². The highest BCUT2D eigenvalue weighted by molar-refractivity contribution is 5.70. The van der Waals surface area contributed by atoms with Crippen molar-refractivity contribution in [1.82, 2.24) is 0 Å². The zero-order valence-corrected chi connectivity index (χ0v) is 38.0. The summed E-state index contributed by atoms with van der Waals surface area (Å²) in [5, 5.41) is 40.1. The fourth-order valence-corrected chi connectivity index (χ4v) is 7.71. The second kappa shape index (κ2) is 40.5. The fourth-order valence-electron chi connectivity index (χ4n) is 7.71. The van der Waals surface area contributed by atoms with E-state index in [9.17, 15) is 30.0 Å². The van der Waals surface area contributed by atoms with Gasteiger partial charge in [0.25, 0.3) is 0 Å². The Hall–Kier alpha value is -1.56. The van der Waals surface area contributed by atoms with Crippen molar-refractivity contribution in [2.45, 2.75) is 269 Å². The van der Waals surface area contributed by atoms with Crippen LogP contribution in [0.15, 0.2) is 12.2 Å². The van der Waals surface area contributed by atoms with Crippen LogP contribution in [0.4, 0.5) is 0 Å². The molecule has 6 atom stereocenters. The molecule has 0 aromatic carbocycles. The van der Waals surface area contributed by atoms with Gasteiger partial charge in [-0.1, -0.05) is 193 Å². The fraction of sp³-hybridized carbons (Fsp3) is 0.918. The van der Waals surface area contributed by atoms with Crippen LogP contribution in [-0.2, 0) is 28.5 Å². The van der Waals surface area contributed by atoms with Gasteiger partial charge in [0, 0.05) is 12.8 Å². The molecule has 348 valence electrons. The van der Waals surface area contributed by atoms with Gasteiger partial charge in [0.15, 0.2) is 12.4 Å². The third-order valence-corrected chi connectivity index (χ3v) is 11.7. The normalized spacial score (nSPS) is 20.0. The maximum Gasteiger partial charge on any atom is 0.306 e. The molecule has 1 fully saturated rings. The van der Waals surface area contributed by atoms with Crippen molar-refractivity contribution in [3.8, 4) is 0 Å². The number of carbonyl (C=O) groups is 2. The quantitative estimate of drug-likeness (QED) is 0.0265. The van der Waals surface area contributed by atoms with E-state index in [-0.39, 0.29) is 32.0 Å². The second-order valence-corrected chi connectivity index (χ2v) is 17.3. The lowest BCUT2D eigenvalue weighted by Gasteiger charge is -2.39. The third-order valence-electron chi connectivity index (χ3n) is 11.7. The molecule has 0 saturated carbocycles. The number of esters is 2. The summed E-state index contributed by atoms with van der Waals surface area (Å²) < 4.78 is 22.2. The molecule has 0 bridgehead atoms. The maximum atomic E-state index is 12.8. The minimum absolute atomic E-state index is 0.212. The van der Waals surface area contributed by atoms with Gasteiger partial charge >= 0.3 is 11.9 Å². The van der Waals surface area contributed by atoms with Gasteiger partial charge < -0.3 is 39.4 Å². The van der Waals surface area contributed by atoms with Crippen LogP contribution in [0.1, 0.15) is 232 Å². The maximum absolute atomic E-state index is 12.8. The Kier molecular flexibility index (Phi) is 38.1. The van der Waals surface area contributed by atoms with Crippen LogP contribution in [0.25, 0.3) is 0 Å². The predicted octanol–water partition coefficient (Wildman–Crippen LogP) is 11.1. The van der Waals surface area contributed by atoms with E-state index < -0.39 is 49.4 Å². The molecular formula is C49H92O10. The Morgan fingerprint density at radius 3 is 1.32 bits per heavy atom. The number of aliphatic hydroxyl groups is 4. The highest BCUT2D eigenvalue weighted by Crippen LogP contribution is 2.23. The molecular weight excluding hydrogens is 749 g/mol. The topological polar surface area (TPSA) is 152 Å². The van der Waals surface area contributed by atoms with Crippen LogP contribution in [0, 0.1) is 0 Å². The van der Waals surface area contributed by atoms with Gasteiger partial charge in [-0.05, 0) is 38.5 Å². The van der Waals surface area contributed by atoms with E-state index in [1.807, 2.05) is 0 Å².